The number of sulfonamides is 1. The van der Waals surface area contributed by atoms with Crippen LogP contribution in [-0.2, 0) is 26.0 Å². The van der Waals surface area contributed by atoms with Gasteiger partial charge < -0.3 is 9.26 Å². The molecule has 1 fully saturated rings. The van der Waals surface area contributed by atoms with Crippen LogP contribution in [0.2, 0.25) is 0 Å². The van der Waals surface area contributed by atoms with Crippen molar-refractivity contribution in [2.24, 2.45) is 5.92 Å². The summed E-state index contributed by atoms with van der Waals surface area (Å²) in [6, 6.07) is 7.34. The van der Waals surface area contributed by atoms with Crippen LogP contribution in [0.15, 0.2) is 33.7 Å². The minimum Gasteiger partial charge on any atom is -0.457 e. The number of carbonyl (C=O) groups is 2. The molecule has 8 nitrogen and oxygen atoms in total. The first-order valence-corrected chi connectivity index (χ1v) is 12.4. The number of hydrogen-bond acceptors (Lipinski definition) is 7. The normalized spacial score (nSPS) is 17.3. The molecule has 0 spiro atoms. The molecule has 1 aromatic heterocycles. The molecule has 0 aliphatic carbocycles. The smallest absolute Gasteiger partial charge is 0.310 e. The van der Waals surface area contributed by atoms with Gasteiger partial charge in [0.15, 0.2) is 18.2 Å². The van der Waals surface area contributed by atoms with Crippen molar-refractivity contribution < 1.29 is 27.3 Å². The molecule has 0 amide bonds. The number of aryl methyl sites for hydroxylation is 3. The van der Waals surface area contributed by atoms with E-state index in [0.29, 0.717) is 30.6 Å². The molecule has 3 rings (SSSR count). The Labute approximate surface area is 189 Å². The fourth-order valence-corrected chi connectivity index (χ4v) is 5.72. The van der Waals surface area contributed by atoms with Crippen molar-refractivity contribution >= 4 is 21.8 Å². The Morgan fingerprint density at radius 2 is 1.94 bits per heavy atom. The van der Waals surface area contributed by atoms with Crippen LogP contribution in [0.5, 0.6) is 0 Å². The molecule has 174 valence electrons. The highest BCUT2D eigenvalue weighted by molar-refractivity contribution is 7.89. The van der Waals surface area contributed by atoms with E-state index >= 15 is 0 Å². The van der Waals surface area contributed by atoms with E-state index in [4.69, 9.17) is 9.26 Å². The number of piperidine rings is 1. The van der Waals surface area contributed by atoms with Gasteiger partial charge in [0.25, 0.3) is 0 Å². The van der Waals surface area contributed by atoms with Crippen LogP contribution in [-0.4, -0.2) is 49.3 Å². The van der Waals surface area contributed by atoms with E-state index in [0.717, 1.165) is 19.3 Å². The Bertz CT molecular complexity index is 1040. The van der Waals surface area contributed by atoms with Gasteiger partial charge in [0.2, 0.25) is 10.0 Å². The van der Waals surface area contributed by atoms with E-state index in [1.807, 2.05) is 12.1 Å². The lowest BCUT2D eigenvalue weighted by molar-refractivity contribution is -0.148. The van der Waals surface area contributed by atoms with Gasteiger partial charge in [-0.1, -0.05) is 42.8 Å². The SMILES string of the molecule is CCCCc1ccc(C(=O)COC(=O)C2CCCN(S(=O)(=O)c3c(C)noc3C)C2)cc1. The Kier molecular flexibility index (Phi) is 7.84. The van der Waals surface area contributed by atoms with Gasteiger partial charge in [0.05, 0.1) is 5.92 Å². The summed E-state index contributed by atoms with van der Waals surface area (Å²) in [6.45, 7) is 5.20. The summed E-state index contributed by atoms with van der Waals surface area (Å²) in [5.74, 6) is -1.24. The molecule has 2 heterocycles. The number of unbranched alkanes of at least 4 members (excludes halogenated alkanes) is 1. The lowest BCUT2D eigenvalue weighted by Gasteiger charge is -2.30. The molecule has 2 aromatic rings. The van der Waals surface area contributed by atoms with Crippen LogP contribution in [0.25, 0.3) is 0 Å². The molecule has 0 N–H and O–H groups in total. The van der Waals surface area contributed by atoms with Crippen molar-refractivity contribution in [2.45, 2.75) is 57.8 Å². The fraction of sp³-hybridized carbons (Fsp3) is 0.522. The number of carbonyl (C=O) groups excluding carboxylic acids is 2. The number of hydrogen-bond donors (Lipinski definition) is 0. The minimum absolute atomic E-state index is 0.00550. The van der Waals surface area contributed by atoms with Gasteiger partial charge in [-0.2, -0.15) is 4.31 Å². The predicted molar refractivity (Wildman–Crippen MR) is 118 cm³/mol. The average molecular weight is 463 g/mol. The minimum atomic E-state index is -3.83. The first-order chi connectivity index (χ1) is 15.2. The van der Waals surface area contributed by atoms with Crippen molar-refractivity contribution in [2.75, 3.05) is 19.7 Å². The third-order valence-electron chi connectivity index (χ3n) is 5.72. The van der Waals surface area contributed by atoms with Crippen molar-refractivity contribution in [1.82, 2.24) is 9.46 Å². The number of esters is 1. The van der Waals surface area contributed by atoms with E-state index in [1.54, 1.807) is 26.0 Å². The third-order valence-corrected chi connectivity index (χ3v) is 7.83. The molecule has 1 atom stereocenters. The van der Waals surface area contributed by atoms with Gasteiger partial charge in [0.1, 0.15) is 10.6 Å². The van der Waals surface area contributed by atoms with E-state index in [2.05, 4.69) is 12.1 Å². The maximum Gasteiger partial charge on any atom is 0.310 e. The molecule has 0 radical (unpaired) electrons. The zero-order valence-corrected chi connectivity index (χ0v) is 19.6. The van der Waals surface area contributed by atoms with Crippen molar-refractivity contribution in [1.29, 1.82) is 0 Å². The zero-order valence-electron chi connectivity index (χ0n) is 18.8. The summed E-state index contributed by atoms with van der Waals surface area (Å²) in [7, 11) is -3.83. The Morgan fingerprint density at radius 1 is 1.22 bits per heavy atom. The maximum absolute atomic E-state index is 13.0. The molecule has 1 unspecified atom stereocenters. The van der Waals surface area contributed by atoms with E-state index in [9.17, 15) is 18.0 Å². The molecule has 9 heteroatoms. The van der Waals surface area contributed by atoms with Gasteiger partial charge in [-0.3, -0.25) is 9.59 Å². The van der Waals surface area contributed by atoms with Gasteiger partial charge in [-0.25, -0.2) is 8.42 Å². The van der Waals surface area contributed by atoms with Crippen LogP contribution < -0.4 is 0 Å². The van der Waals surface area contributed by atoms with E-state index in [-0.39, 0.29) is 29.6 Å². The standard InChI is InChI=1S/C23H30N2O6S/c1-4-5-7-18-9-11-19(12-10-18)21(26)15-30-23(27)20-8-6-13-25(14-20)32(28,29)22-16(2)24-31-17(22)3/h9-12,20H,4-8,13-15H2,1-3H3. The summed E-state index contributed by atoms with van der Waals surface area (Å²) < 4.78 is 37.6. The topological polar surface area (TPSA) is 107 Å². The Hall–Kier alpha value is -2.52. The van der Waals surface area contributed by atoms with Crippen LogP contribution >= 0.6 is 0 Å². The van der Waals surface area contributed by atoms with Crippen molar-refractivity contribution in [3.63, 3.8) is 0 Å². The summed E-state index contributed by atoms with van der Waals surface area (Å²) in [4.78, 5) is 25.0. The second-order valence-corrected chi connectivity index (χ2v) is 10.1. The second-order valence-electron chi connectivity index (χ2n) is 8.19. The first-order valence-electron chi connectivity index (χ1n) is 11.0. The highest BCUT2D eigenvalue weighted by Crippen LogP contribution is 2.28. The molecule has 1 aromatic carbocycles. The fourth-order valence-electron chi connectivity index (χ4n) is 3.90. The molecule has 1 aliphatic rings. The van der Waals surface area contributed by atoms with Crippen LogP contribution in [0, 0.1) is 19.8 Å². The van der Waals surface area contributed by atoms with Gasteiger partial charge in [-0.15, -0.1) is 0 Å². The Morgan fingerprint density at radius 3 is 2.56 bits per heavy atom. The quantitative estimate of drug-likeness (QED) is 0.415. The number of aromatic nitrogens is 1. The van der Waals surface area contributed by atoms with Crippen LogP contribution in [0.3, 0.4) is 0 Å². The summed E-state index contributed by atoms with van der Waals surface area (Å²) in [5.41, 5.74) is 1.95. The molecule has 1 saturated heterocycles. The van der Waals surface area contributed by atoms with Gasteiger partial charge in [-0.05, 0) is 45.1 Å². The summed E-state index contributed by atoms with van der Waals surface area (Å²) in [6.07, 6.45) is 4.20. The van der Waals surface area contributed by atoms with Crippen LogP contribution in [0.1, 0.15) is 60.0 Å². The molecular weight excluding hydrogens is 432 g/mol. The molecule has 1 aliphatic heterocycles. The van der Waals surface area contributed by atoms with Crippen molar-refractivity contribution in [3.05, 3.63) is 46.8 Å². The lowest BCUT2D eigenvalue weighted by Crippen LogP contribution is -2.43. The number of benzene rings is 1. The largest absolute Gasteiger partial charge is 0.457 e. The zero-order chi connectivity index (χ0) is 23.3. The number of ether oxygens (including phenoxy) is 1. The number of nitrogens with zero attached hydrogens (tertiary/aromatic N) is 2. The highest BCUT2D eigenvalue weighted by atomic mass is 32.2. The van der Waals surface area contributed by atoms with E-state index < -0.39 is 21.9 Å². The third kappa shape index (κ3) is 5.45. The second kappa shape index (κ2) is 10.4. The summed E-state index contributed by atoms with van der Waals surface area (Å²) >= 11 is 0. The predicted octanol–water partition coefficient (Wildman–Crippen LogP) is 3.46. The number of ketones is 1. The Balaban J connectivity index is 1.58. The maximum atomic E-state index is 13.0. The van der Waals surface area contributed by atoms with Gasteiger partial charge >= 0.3 is 5.97 Å². The molecule has 0 bridgehead atoms. The van der Waals surface area contributed by atoms with Gasteiger partial charge in [0, 0.05) is 18.7 Å². The summed E-state index contributed by atoms with van der Waals surface area (Å²) in [5, 5.41) is 3.72. The highest BCUT2D eigenvalue weighted by Gasteiger charge is 2.37. The average Bonchev–Trinajstić information content (AvgIpc) is 3.14. The lowest BCUT2D eigenvalue weighted by atomic mass is 10.00. The number of Topliss-reactive ketones (excluding diaryl/α,β-unsaturated/α-hetero) is 1. The van der Waals surface area contributed by atoms with E-state index in [1.165, 1.54) is 9.87 Å². The molecule has 0 saturated carbocycles. The van der Waals surface area contributed by atoms with Crippen molar-refractivity contribution in [3.8, 4) is 0 Å². The molecular formula is C23H30N2O6S. The number of rotatable bonds is 9. The monoisotopic (exact) mass is 462 g/mol. The van der Waals surface area contributed by atoms with Crippen LogP contribution in [0.4, 0.5) is 0 Å². The first kappa shape index (κ1) is 24.1. The molecule has 32 heavy (non-hydrogen) atoms.